The van der Waals surface area contributed by atoms with Gasteiger partial charge in [0.2, 0.25) is 5.89 Å². The fraction of sp³-hybridized carbons (Fsp3) is 0.833. The van der Waals surface area contributed by atoms with E-state index in [1.165, 1.54) is 12.8 Å². The molecule has 0 aromatic carbocycles. The fourth-order valence-corrected chi connectivity index (χ4v) is 2.27. The Kier molecular flexibility index (Phi) is 3.38. The fourth-order valence-electron chi connectivity index (χ4n) is 2.27. The monoisotopic (exact) mass is 238 g/mol. The molecule has 1 aliphatic rings. The maximum Gasteiger partial charge on any atom is 0.265 e. The average molecular weight is 238 g/mol. The first-order valence-corrected chi connectivity index (χ1v) is 6.32. The van der Waals surface area contributed by atoms with E-state index in [1.807, 2.05) is 11.9 Å². The molecule has 0 saturated carbocycles. The van der Waals surface area contributed by atoms with Crippen molar-refractivity contribution in [2.45, 2.75) is 39.7 Å². The van der Waals surface area contributed by atoms with Crippen LogP contribution in [-0.2, 0) is 0 Å². The van der Waals surface area contributed by atoms with Gasteiger partial charge in [0.25, 0.3) is 5.95 Å². The van der Waals surface area contributed by atoms with Gasteiger partial charge in [0.05, 0.1) is 6.04 Å². The molecular weight excluding hydrogens is 216 g/mol. The lowest BCUT2D eigenvalue weighted by molar-refractivity contribution is 0.146. The highest BCUT2D eigenvalue weighted by Crippen LogP contribution is 2.39. The van der Waals surface area contributed by atoms with Crippen molar-refractivity contribution in [3.8, 4) is 0 Å². The van der Waals surface area contributed by atoms with Gasteiger partial charge in [0.15, 0.2) is 0 Å². The Hall–Kier alpha value is -1.10. The van der Waals surface area contributed by atoms with Crippen LogP contribution in [0.2, 0.25) is 0 Å². The van der Waals surface area contributed by atoms with Crippen LogP contribution in [0, 0.1) is 5.41 Å². The maximum atomic E-state index is 5.40. The minimum atomic E-state index is 0.169. The highest BCUT2D eigenvalue weighted by Gasteiger charge is 2.37. The van der Waals surface area contributed by atoms with Crippen molar-refractivity contribution in [3.63, 3.8) is 0 Å². The van der Waals surface area contributed by atoms with E-state index in [2.05, 4.69) is 36.2 Å². The van der Waals surface area contributed by atoms with Crippen LogP contribution in [0.15, 0.2) is 4.52 Å². The summed E-state index contributed by atoms with van der Waals surface area (Å²) in [6, 6.07) is 0.169. The van der Waals surface area contributed by atoms with E-state index in [0.717, 1.165) is 13.1 Å². The molecule has 17 heavy (non-hydrogen) atoms. The van der Waals surface area contributed by atoms with Crippen LogP contribution in [-0.4, -0.2) is 30.3 Å². The van der Waals surface area contributed by atoms with Gasteiger partial charge >= 0.3 is 0 Å². The van der Waals surface area contributed by atoms with Crippen LogP contribution in [0.5, 0.6) is 0 Å². The van der Waals surface area contributed by atoms with Crippen LogP contribution in [0.3, 0.4) is 0 Å². The Morgan fingerprint density at radius 2 is 2.29 bits per heavy atom. The summed E-state index contributed by atoms with van der Waals surface area (Å²) in [5.74, 6) is 1.38. The molecule has 1 saturated heterocycles. The lowest BCUT2D eigenvalue weighted by atomic mass is 9.77. The minimum Gasteiger partial charge on any atom is -0.342 e. The van der Waals surface area contributed by atoms with E-state index in [9.17, 15) is 0 Å². The van der Waals surface area contributed by atoms with Gasteiger partial charge in [0.1, 0.15) is 0 Å². The summed E-state index contributed by atoms with van der Waals surface area (Å²) in [6.45, 7) is 8.46. The molecule has 1 aliphatic heterocycles. The third-order valence-electron chi connectivity index (χ3n) is 3.62. The van der Waals surface area contributed by atoms with E-state index in [0.29, 0.717) is 11.8 Å². The molecule has 0 spiro atoms. The quantitative estimate of drug-likeness (QED) is 0.872. The number of nitrogens with one attached hydrogen (secondary N) is 1. The summed E-state index contributed by atoms with van der Waals surface area (Å²) in [7, 11) is 1.97. The Bertz CT molecular complexity index is 374. The average Bonchev–Trinajstić information content (AvgIpc) is 2.76. The molecule has 96 valence electrons. The van der Waals surface area contributed by atoms with Gasteiger partial charge in [-0.1, -0.05) is 13.8 Å². The Morgan fingerprint density at radius 3 is 2.94 bits per heavy atom. The molecule has 2 heterocycles. The first-order valence-electron chi connectivity index (χ1n) is 6.32. The summed E-state index contributed by atoms with van der Waals surface area (Å²) in [4.78, 5) is 6.46. The number of anilines is 1. The Morgan fingerprint density at radius 1 is 1.53 bits per heavy atom. The van der Waals surface area contributed by atoms with Gasteiger partial charge < -0.3 is 14.7 Å². The van der Waals surface area contributed by atoms with E-state index in [4.69, 9.17) is 4.52 Å². The summed E-state index contributed by atoms with van der Waals surface area (Å²) in [5.41, 5.74) is 0.173. The highest BCUT2D eigenvalue weighted by molar-refractivity contribution is 5.26. The number of hydrogen-bond acceptors (Lipinski definition) is 5. The molecular formula is C12H22N4O. The predicted octanol–water partition coefficient (Wildman–Crippen LogP) is 1.98. The number of nitrogens with zero attached hydrogens (tertiary/aromatic N) is 3. The Labute approximate surface area is 103 Å². The molecule has 1 atom stereocenters. The molecule has 5 nitrogen and oxygen atoms in total. The zero-order valence-corrected chi connectivity index (χ0v) is 11.2. The number of rotatable bonds is 3. The maximum absolute atomic E-state index is 5.40. The molecule has 0 radical (unpaired) electrons. The molecule has 1 aromatic heterocycles. The molecule has 0 aliphatic carbocycles. The molecule has 2 rings (SSSR count). The van der Waals surface area contributed by atoms with Crippen molar-refractivity contribution in [2.24, 2.45) is 5.41 Å². The molecule has 0 bridgehead atoms. The first-order chi connectivity index (χ1) is 8.04. The zero-order valence-electron chi connectivity index (χ0n) is 11.2. The standard InChI is InChI=1S/C12H22N4O/c1-5-16(4)11-14-10(17-15-11)9-12(2,3)7-6-8-13-9/h9,13H,5-8H2,1-4H3. The first kappa shape index (κ1) is 12.4. The van der Waals surface area contributed by atoms with Gasteiger partial charge in [-0.3, -0.25) is 0 Å². The number of piperidine rings is 1. The highest BCUT2D eigenvalue weighted by atomic mass is 16.5. The molecule has 1 aromatic rings. The largest absolute Gasteiger partial charge is 0.342 e. The van der Waals surface area contributed by atoms with Gasteiger partial charge in [-0.2, -0.15) is 4.98 Å². The summed E-state index contributed by atoms with van der Waals surface area (Å²) < 4.78 is 5.40. The molecule has 1 unspecified atom stereocenters. The zero-order chi connectivity index (χ0) is 12.5. The van der Waals surface area contributed by atoms with Crippen LogP contribution in [0.25, 0.3) is 0 Å². The third kappa shape index (κ3) is 2.44. The van der Waals surface area contributed by atoms with Crippen LogP contribution >= 0.6 is 0 Å². The lowest BCUT2D eigenvalue weighted by Gasteiger charge is -2.36. The summed E-state index contributed by atoms with van der Waals surface area (Å²) in [5, 5.41) is 7.51. The van der Waals surface area contributed by atoms with Crippen molar-refractivity contribution in [3.05, 3.63) is 5.89 Å². The second kappa shape index (κ2) is 4.64. The lowest BCUT2D eigenvalue weighted by Crippen LogP contribution is -2.39. The minimum absolute atomic E-state index is 0.169. The van der Waals surface area contributed by atoms with Gasteiger partial charge in [-0.25, -0.2) is 0 Å². The molecule has 1 N–H and O–H groups in total. The van der Waals surface area contributed by atoms with Gasteiger partial charge in [-0.05, 0) is 36.9 Å². The van der Waals surface area contributed by atoms with Crippen molar-refractivity contribution in [2.75, 3.05) is 25.0 Å². The Balaban J connectivity index is 2.18. The molecule has 5 heteroatoms. The van der Waals surface area contributed by atoms with Crippen LogP contribution in [0.4, 0.5) is 5.95 Å². The van der Waals surface area contributed by atoms with Crippen molar-refractivity contribution in [1.29, 1.82) is 0 Å². The SMILES string of the molecule is CCN(C)c1noc(C2NCCCC2(C)C)n1. The predicted molar refractivity (Wildman–Crippen MR) is 67.0 cm³/mol. The number of aromatic nitrogens is 2. The van der Waals surface area contributed by atoms with Crippen LogP contribution in [0.1, 0.15) is 45.5 Å². The summed E-state index contributed by atoms with van der Waals surface area (Å²) >= 11 is 0. The number of hydrogen-bond donors (Lipinski definition) is 1. The van der Waals surface area contributed by atoms with Gasteiger partial charge in [0, 0.05) is 13.6 Å². The van der Waals surface area contributed by atoms with Crippen molar-refractivity contribution >= 4 is 5.95 Å². The van der Waals surface area contributed by atoms with E-state index in [-0.39, 0.29) is 11.5 Å². The van der Waals surface area contributed by atoms with E-state index in [1.54, 1.807) is 0 Å². The second-order valence-electron chi connectivity index (χ2n) is 5.43. The normalized spacial score (nSPS) is 23.6. The van der Waals surface area contributed by atoms with E-state index < -0.39 is 0 Å². The topological polar surface area (TPSA) is 54.2 Å². The second-order valence-corrected chi connectivity index (χ2v) is 5.43. The third-order valence-corrected chi connectivity index (χ3v) is 3.62. The van der Waals surface area contributed by atoms with Gasteiger partial charge in [-0.15, -0.1) is 0 Å². The van der Waals surface area contributed by atoms with Crippen LogP contribution < -0.4 is 10.2 Å². The molecule has 0 amide bonds. The smallest absolute Gasteiger partial charge is 0.265 e. The summed E-state index contributed by atoms with van der Waals surface area (Å²) in [6.07, 6.45) is 2.39. The van der Waals surface area contributed by atoms with Crippen molar-refractivity contribution in [1.82, 2.24) is 15.5 Å². The molecule has 1 fully saturated rings. The van der Waals surface area contributed by atoms with Crippen molar-refractivity contribution < 1.29 is 4.52 Å². The van der Waals surface area contributed by atoms with E-state index >= 15 is 0 Å².